The molecule has 0 saturated carbocycles. The minimum absolute atomic E-state index is 0.0530. The molecule has 1 heterocycles. The van der Waals surface area contributed by atoms with Crippen molar-refractivity contribution in [1.82, 2.24) is 9.97 Å². The van der Waals surface area contributed by atoms with Gasteiger partial charge in [0, 0.05) is 18.9 Å². The molecule has 0 spiro atoms. The number of nitrogens with zero attached hydrogens (tertiary/aromatic N) is 2. The van der Waals surface area contributed by atoms with Crippen molar-refractivity contribution in [2.75, 3.05) is 11.9 Å². The number of aromatic nitrogens is 2. The average molecular weight is 257 g/mol. The molecule has 1 aromatic heterocycles. The van der Waals surface area contributed by atoms with E-state index in [2.05, 4.69) is 22.2 Å². The predicted octanol–water partition coefficient (Wildman–Crippen LogP) is 2.39. The lowest BCUT2D eigenvalue weighted by molar-refractivity contribution is 0.0691. The van der Waals surface area contributed by atoms with Gasteiger partial charge in [-0.05, 0) is 11.5 Å². The van der Waals surface area contributed by atoms with E-state index in [4.69, 9.17) is 5.11 Å². The predicted molar refractivity (Wildman–Crippen MR) is 72.3 cm³/mol. The highest BCUT2D eigenvalue weighted by atomic mass is 16.4. The van der Waals surface area contributed by atoms with Gasteiger partial charge in [-0.1, -0.05) is 37.3 Å². The van der Waals surface area contributed by atoms with Crippen LogP contribution < -0.4 is 5.32 Å². The van der Waals surface area contributed by atoms with Gasteiger partial charge in [-0.2, -0.15) is 0 Å². The molecular formula is C14H15N3O2. The largest absolute Gasteiger partial charge is 0.476 e. The number of aromatic carboxylic acids is 1. The van der Waals surface area contributed by atoms with Crippen molar-refractivity contribution in [3.63, 3.8) is 0 Å². The van der Waals surface area contributed by atoms with Crippen LogP contribution in [0.2, 0.25) is 0 Å². The second-order valence-corrected chi connectivity index (χ2v) is 4.25. The summed E-state index contributed by atoms with van der Waals surface area (Å²) in [4.78, 5) is 18.8. The first-order valence-electron chi connectivity index (χ1n) is 6.01. The van der Waals surface area contributed by atoms with Gasteiger partial charge in [0.1, 0.15) is 0 Å². The summed E-state index contributed by atoms with van der Waals surface area (Å²) in [6.07, 6.45) is 2.84. The molecule has 0 radical (unpaired) electrons. The Morgan fingerprint density at radius 2 is 1.95 bits per heavy atom. The number of nitrogens with one attached hydrogen (secondary N) is 1. The van der Waals surface area contributed by atoms with Crippen molar-refractivity contribution >= 4 is 11.8 Å². The summed E-state index contributed by atoms with van der Waals surface area (Å²) in [6.45, 7) is 2.67. The van der Waals surface area contributed by atoms with Gasteiger partial charge in [0.25, 0.3) is 0 Å². The summed E-state index contributed by atoms with van der Waals surface area (Å²) < 4.78 is 0. The van der Waals surface area contributed by atoms with Gasteiger partial charge >= 0.3 is 5.97 Å². The first-order valence-corrected chi connectivity index (χ1v) is 6.01. The zero-order valence-corrected chi connectivity index (χ0v) is 10.6. The summed E-state index contributed by atoms with van der Waals surface area (Å²) in [5.41, 5.74) is 1.14. The van der Waals surface area contributed by atoms with Gasteiger partial charge < -0.3 is 10.4 Å². The van der Waals surface area contributed by atoms with Crippen LogP contribution >= 0.6 is 0 Å². The number of hydrogen-bond acceptors (Lipinski definition) is 4. The summed E-state index contributed by atoms with van der Waals surface area (Å²) in [7, 11) is 0. The molecule has 98 valence electrons. The van der Waals surface area contributed by atoms with E-state index in [-0.39, 0.29) is 11.6 Å². The number of carboxylic acids is 1. The van der Waals surface area contributed by atoms with E-state index in [1.165, 1.54) is 18.0 Å². The topological polar surface area (TPSA) is 75.1 Å². The van der Waals surface area contributed by atoms with Gasteiger partial charge in [-0.3, -0.25) is 0 Å². The van der Waals surface area contributed by atoms with Crippen LogP contribution in [0, 0.1) is 0 Å². The maximum atomic E-state index is 11.0. The molecule has 5 nitrogen and oxygen atoms in total. The highest BCUT2D eigenvalue weighted by Gasteiger charge is 2.13. The van der Waals surface area contributed by atoms with E-state index in [1.807, 2.05) is 30.3 Å². The number of carboxylic acid groups (broad SMARTS) is 1. The molecule has 0 fully saturated rings. The number of rotatable bonds is 5. The summed E-state index contributed by atoms with van der Waals surface area (Å²) in [5.74, 6) is -0.523. The van der Waals surface area contributed by atoms with Crippen molar-refractivity contribution in [3.05, 3.63) is 54.0 Å². The van der Waals surface area contributed by atoms with Crippen LogP contribution in [0.4, 0.5) is 5.82 Å². The normalized spacial score (nSPS) is 11.8. The molecule has 2 N–H and O–H groups in total. The van der Waals surface area contributed by atoms with Gasteiger partial charge in [-0.25, -0.2) is 14.8 Å². The van der Waals surface area contributed by atoms with Crippen LogP contribution in [0.5, 0.6) is 0 Å². The van der Waals surface area contributed by atoms with E-state index in [9.17, 15) is 4.79 Å². The van der Waals surface area contributed by atoms with Crippen molar-refractivity contribution in [2.24, 2.45) is 0 Å². The fourth-order valence-electron chi connectivity index (χ4n) is 1.77. The molecule has 19 heavy (non-hydrogen) atoms. The van der Waals surface area contributed by atoms with E-state index in [0.29, 0.717) is 12.4 Å². The van der Waals surface area contributed by atoms with E-state index in [0.717, 1.165) is 0 Å². The zero-order valence-electron chi connectivity index (χ0n) is 10.6. The number of anilines is 1. The Bertz CT molecular complexity index is 558. The standard InChI is InChI=1S/C14H15N3O2/c1-10(11-5-3-2-4-6-11)9-17-13-12(14(18)19)15-7-8-16-13/h2-8,10H,9H2,1H3,(H,16,17)(H,18,19). The molecule has 0 aliphatic rings. The molecule has 1 unspecified atom stereocenters. The Kier molecular flexibility index (Phi) is 4.07. The SMILES string of the molecule is CC(CNc1nccnc1C(=O)O)c1ccccc1. The maximum absolute atomic E-state index is 11.0. The molecular weight excluding hydrogens is 242 g/mol. The quantitative estimate of drug-likeness (QED) is 0.860. The lowest BCUT2D eigenvalue weighted by atomic mass is 10.0. The molecule has 5 heteroatoms. The third-order valence-electron chi connectivity index (χ3n) is 2.85. The van der Waals surface area contributed by atoms with Crippen LogP contribution in [0.15, 0.2) is 42.7 Å². The monoisotopic (exact) mass is 257 g/mol. The van der Waals surface area contributed by atoms with E-state index < -0.39 is 5.97 Å². The van der Waals surface area contributed by atoms with E-state index >= 15 is 0 Å². The van der Waals surface area contributed by atoms with Crippen LogP contribution in [0.25, 0.3) is 0 Å². The minimum atomic E-state index is -1.08. The molecule has 1 aromatic carbocycles. The fraction of sp³-hybridized carbons (Fsp3) is 0.214. The summed E-state index contributed by atoms with van der Waals surface area (Å²) in [6, 6.07) is 10.0. The van der Waals surface area contributed by atoms with Crippen LogP contribution in [-0.2, 0) is 0 Å². The van der Waals surface area contributed by atoms with Crippen molar-refractivity contribution in [3.8, 4) is 0 Å². The zero-order chi connectivity index (χ0) is 13.7. The maximum Gasteiger partial charge on any atom is 0.358 e. The first-order chi connectivity index (χ1) is 9.18. The fourth-order valence-corrected chi connectivity index (χ4v) is 1.77. The second kappa shape index (κ2) is 5.95. The van der Waals surface area contributed by atoms with Gasteiger partial charge in [0.2, 0.25) is 0 Å². The summed E-state index contributed by atoms with van der Waals surface area (Å²) in [5, 5.41) is 12.0. The molecule has 0 aliphatic heterocycles. The van der Waals surface area contributed by atoms with Crippen LogP contribution in [0.3, 0.4) is 0 Å². The van der Waals surface area contributed by atoms with Crippen LogP contribution in [-0.4, -0.2) is 27.6 Å². The molecule has 0 amide bonds. The Hall–Kier alpha value is -2.43. The molecule has 0 aliphatic carbocycles. The Morgan fingerprint density at radius 3 is 2.63 bits per heavy atom. The lowest BCUT2D eigenvalue weighted by Crippen LogP contribution is -2.15. The number of hydrogen-bond donors (Lipinski definition) is 2. The molecule has 2 rings (SSSR count). The van der Waals surface area contributed by atoms with Crippen molar-refractivity contribution in [1.29, 1.82) is 0 Å². The Morgan fingerprint density at radius 1 is 1.26 bits per heavy atom. The van der Waals surface area contributed by atoms with Gasteiger partial charge in [0.05, 0.1) is 0 Å². The summed E-state index contributed by atoms with van der Waals surface area (Å²) >= 11 is 0. The van der Waals surface area contributed by atoms with Crippen molar-refractivity contribution in [2.45, 2.75) is 12.8 Å². The average Bonchev–Trinajstić information content (AvgIpc) is 2.46. The third kappa shape index (κ3) is 3.28. The minimum Gasteiger partial charge on any atom is -0.476 e. The Labute approximate surface area is 111 Å². The van der Waals surface area contributed by atoms with Gasteiger partial charge in [0.15, 0.2) is 11.5 Å². The first kappa shape index (κ1) is 13.0. The smallest absolute Gasteiger partial charge is 0.358 e. The Balaban J connectivity index is 2.05. The van der Waals surface area contributed by atoms with Crippen molar-refractivity contribution < 1.29 is 9.90 Å². The van der Waals surface area contributed by atoms with Crippen LogP contribution in [0.1, 0.15) is 28.9 Å². The lowest BCUT2D eigenvalue weighted by Gasteiger charge is -2.14. The highest BCUT2D eigenvalue weighted by Crippen LogP contribution is 2.16. The second-order valence-electron chi connectivity index (χ2n) is 4.25. The molecule has 2 aromatic rings. The van der Waals surface area contributed by atoms with E-state index in [1.54, 1.807) is 0 Å². The number of benzene rings is 1. The molecule has 0 bridgehead atoms. The third-order valence-corrected chi connectivity index (χ3v) is 2.85. The molecule has 0 saturated heterocycles. The van der Waals surface area contributed by atoms with Gasteiger partial charge in [-0.15, -0.1) is 0 Å². The number of carbonyl (C=O) groups is 1. The highest BCUT2D eigenvalue weighted by molar-refractivity contribution is 5.90. The molecule has 1 atom stereocenters.